The summed E-state index contributed by atoms with van der Waals surface area (Å²) in [6.07, 6.45) is -0.800. The third kappa shape index (κ3) is 2.79. The molecular formula is C12H18N2O4. The Labute approximate surface area is 106 Å². The Morgan fingerprint density at radius 1 is 1.50 bits per heavy atom. The number of ether oxygens (including phenoxy) is 2. The number of amides is 1. The van der Waals surface area contributed by atoms with Crippen molar-refractivity contribution in [2.24, 2.45) is 5.41 Å². The number of carbonyl (C=O) groups is 2. The number of hydrogen-bond donors (Lipinski definition) is 0. The molecule has 0 unspecified atom stereocenters. The molecule has 0 saturated carbocycles. The van der Waals surface area contributed by atoms with Crippen LogP contribution in [0.5, 0.6) is 0 Å². The highest BCUT2D eigenvalue weighted by Gasteiger charge is 2.47. The highest BCUT2D eigenvalue weighted by molar-refractivity contribution is 5.86. The Bertz CT molecular complexity index is 381. The largest absolute Gasteiger partial charge is 0.467 e. The van der Waals surface area contributed by atoms with Crippen molar-refractivity contribution in [3.63, 3.8) is 0 Å². The topological polar surface area (TPSA) is 79.6 Å². The summed E-state index contributed by atoms with van der Waals surface area (Å²) in [6, 6.07) is 1.03. The van der Waals surface area contributed by atoms with Gasteiger partial charge < -0.3 is 9.47 Å². The molecule has 1 rings (SSSR count). The van der Waals surface area contributed by atoms with Gasteiger partial charge in [0, 0.05) is 5.41 Å². The Balaban J connectivity index is 3.00. The highest BCUT2D eigenvalue weighted by atomic mass is 16.5. The lowest BCUT2D eigenvalue weighted by Crippen LogP contribution is -2.50. The Morgan fingerprint density at radius 2 is 2.11 bits per heavy atom. The first-order chi connectivity index (χ1) is 8.32. The molecule has 1 amide bonds. The molecule has 1 heterocycles. The molecule has 6 nitrogen and oxygen atoms in total. The van der Waals surface area contributed by atoms with Crippen molar-refractivity contribution in [3.8, 4) is 6.07 Å². The second-order valence-corrected chi connectivity index (χ2v) is 5.23. The predicted molar refractivity (Wildman–Crippen MR) is 62.1 cm³/mol. The van der Waals surface area contributed by atoms with Crippen molar-refractivity contribution in [3.05, 3.63) is 0 Å². The monoisotopic (exact) mass is 254 g/mol. The summed E-state index contributed by atoms with van der Waals surface area (Å²) in [7, 11) is 1.26. The fraction of sp³-hybridized carbons (Fsp3) is 0.750. The third-order valence-corrected chi connectivity index (χ3v) is 2.73. The van der Waals surface area contributed by atoms with E-state index in [1.54, 1.807) is 6.07 Å². The normalized spacial score (nSPS) is 23.6. The van der Waals surface area contributed by atoms with Crippen molar-refractivity contribution in [2.75, 3.05) is 13.7 Å². The van der Waals surface area contributed by atoms with Gasteiger partial charge in [0.15, 0.2) is 6.04 Å². The van der Waals surface area contributed by atoms with Gasteiger partial charge in [-0.05, 0) is 0 Å². The van der Waals surface area contributed by atoms with Crippen LogP contribution < -0.4 is 0 Å². The number of methoxy groups -OCH3 is 1. The summed E-state index contributed by atoms with van der Waals surface area (Å²) >= 11 is 0. The summed E-state index contributed by atoms with van der Waals surface area (Å²) < 4.78 is 10.2. The Kier molecular flexibility index (Phi) is 4.30. The van der Waals surface area contributed by atoms with E-state index in [1.807, 2.05) is 20.8 Å². The molecule has 0 N–H and O–H groups in total. The fourth-order valence-electron chi connectivity index (χ4n) is 1.95. The van der Waals surface area contributed by atoms with Crippen molar-refractivity contribution < 1.29 is 19.1 Å². The molecule has 6 heteroatoms. The predicted octanol–water partition coefficient (Wildman–Crippen LogP) is 0.673. The van der Waals surface area contributed by atoms with Gasteiger partial charge in [0.05, 0.1) is 19.8 Å². The van der Waals surface area contributed by atoms with Crippen LogP contribution in [0.1, 0.15) is 27.2 Å². The van der Waals surface area contributed by atoms with E-state index in [1.165, 1.54) is 12.0 Å². The minimum Gasteiger partial charge on any atom is -0.467 e. The highest BCUT2D eigenvalue weighted by Crippen LogP contribution is 2.32. The zero-order valence-electron chi connectivity index (χ0n) is 11.1. The number of hydrogen-bond acceptors (Lipinski definition) is 5. The van der Waals surface area contributed by atoms with Crippen molar-refractivity contribution in [1.29, 1.82) is 5.26 Å². The van der Waals surface area contributed by atoms with E-state index < -0.39 is 24.1 Å². The fourth-order valence-corrected chi connectivity index (χ4v) is 1.95. The van der Waals surface area contributed by atoms with Gasteiger partial charge in [-0.15, -0.1) is 0 Å². The van der Waals surface area contributed by atoms with Gasteiger partial charge in [-0.25, -0.2) is 4.79 Å². The van der Waals surface area contributed by atoms with Crippen LogP contribution >= 0.6 is 0 Å². The molecule has 1 aliphatic heterocycles. The summed E-state index contributed by atoms with van der Waals surface area (Å²) in [5.41, 5.74) is -0.339. The summed E-state index contributed by atoms with van der Waals surface area (Å²) in [4.78, 5) is 24.9. The van der Waals surface area contributed by atoms with Crippen LogP contribution in [0.2, 0.25) is 0 Å². The molecule has 1 aliphatic rings. The maximum atomic E-state index is 11.9. The van der Waals surface area contributed by atoms with Gasteiger partial charge in [-0.1, -0.05) is 20.8 Å². The molecule has 0 aromatic carbocycles. The van der Waals surface area contributed by atoms with Crippen LogP contribution in [0.3, 0.4) is 0 Å². The lowest BCUT2D eigenvalue weighted by atomic mass is 9.93. The molecule has 2 atom stereocenters. The first-order valence-corrected chi connectivity index (χ1v) is 5.70. The van der Waals surface area contributed by atoms with E-state index in [2.05, 4.69) is 4.74 Å². The van der Waals surface area contributed by atoms with E-state index in [0.29, 0.717) is 0 Å². The molecule has 1 saturated heterocycles. The van der Waals surface area contributed by atoms with Gasteiger partial charge in [0.25, 0.3) is 0 Å². The average molecular weight is 254 g/mol. The lowest BCUT2D eigenvalue weighted by Gasteiger charge is -2.34. The Morgan fingerprint density at radius 3 is 2.56 bits per heavy atom. The van der Waals surface area contributed by atoms with Crippen molar-refractivity contribution in [2.45, 2.75) is 39.5 Å². The average Bonchev–Trinajstić information content (AvgIpc) is 2.72. The minimum absolute atomic E-state index is 0.103. The second-order valence-electron chi connectivity index (χ2n) is 5.23. The zero-order chi connectivity index (χ0) is 13.9. The molecule has 0 aromatic rings. The molecular weight excluding hydrogens is 236 g/mol. The molecule has 0 aromatic heterocycles. The van der Waals surface area contributed by atoms with Gasteiger partial charge in [0.1, 0.15) is 12.6 Å². The number of carbonyl (C=O) groups excluding carboxylic acids is 2. The Hall–Kier alpha value is -1.61. The lowest BCUT2D eigenvalue weighted by molar-refractivity contribution is -0.155. The molecule has 1 fully saturated rings. The maximum absolute atomic E-state index is 11.9. The van der Waals surface area contributed by atoms with Crippen molar-refractivity contribution >= 4 is 11.9 Å². The molecule has 100 valence electrons. The van der Waals surface area contributed by atoms with E-state index in [4.69, 9.17) is 10.00 Å². The summed E-state index contributed by atoms with van der Waals surface area (Å²) in [6.45, 7) is 5.82. The molecule has 0 radical (unpaired) electrons. The minimum atomic E-state index is -0.764. The van der Waals surface area contributed by atoms with Gasteiger partial charge in [-0.2, -0.15) is 5.26 Å². The van der Waals surface area contributed by atoms with Crippen LogP contribution in [-0.4, -0.2) is 42.8 Å². The number of esters is 1. The van der Waals surface area contributed by atoms with Crippen molar-refractivity contribution in [1.82, 2.24) is 4.90 Å². The summed E-state index contributed by atoms with van der Waals surface area (Å²) in [5.74, 6) is -0.932. The van der Waals surface area contributed by atoms with Crippen LogP contribution in [-0.2, 0) is 19.1 Å². The first-order valence-electron chi connectivity index (χ1n) is 5.70. The van der Waals surface area contributed by atoms with Gasteiger partial charge in [0.2, 0.25) is 5.91 Å². The third-order valence-electron chi connectivity index (χ3n) is 2.73. The maximum Gasteiger partial charge on any atom is 0.331 e. The van der Waals surface area contributed by atoms with Gasteiger partial charge >= 0.3 is 5.97 Å². The number of nitriles is 1. The van der Waals surface area contributed by atoms with E-state index in [9.17, 15) is 9.59 Å². The SMILES string of the molecule is COC(=O)[C@@H]1CO[C@H](C(C)(C)C)N1C(=O)CC#N. The second kappa shape index (κ2) is 5.36. The number of nitrogens with zero attached hydrogens (tertiary/aromatic N) is 2. The molecule has 0 aliphatic carbocycles. The van der Waals surface area contributed by atoms with E-state index in [0.717, 1.165) is 0 Å². The zero-order valence-corrected chi connectivity index (χ0v) is 11.1. The smallest absolute Gasteiger partial charge is 0.331 e. The van der Waals surface area contributed by atoms with E-state index in [-0.39, 0.29) is 18.4 Å². The van der Waals surface area contributed by atoms with Crippen LogP contribution in [0.4, 0.5) is 0 Å². The quantitative estimate of drug-likeness (QED) is 0.677. The standard InChI is InChI=1S/C12H18N2O4/c1-12(2,3)11-14(9(15)5-6-13)8(7-18-11)10(16)17-4/h8,11H,5,7H2,1-4H3/t8-,11+/m0/s1. The molecule has 0 bridgehead atoms. The van der Waals surface area contributed by atoms with Crippen LogP contribution in [0.15, 0.2) is 0 Å². The van der Waals surface area contributed by atoms with Crippen LogP contribution in [0.25, 0.3) is 0 Å². The summed E-state index contributed by atoms with van der Waals surface area (Å²) in [5, 5.41) is 8.61. The molecule has 0 spiro atoms. The van der Waals surface area contributed by atoms with E-state index >= 15 is 0 Å². The number of rotatable bonds is 2. The van der Waals surface area contributed by atoms with Crippen LogP contribution in [0, 0.1) is 16.7 Å². The first kappa shape index (κ1) is 14.5. The van der Waals surface area contributed by atoms with Gasteiger partial charge in [-0.3, -0.25) is 9.69 Å². The molecule has 18 heavy (non-hydrogen) atoms.